The van der Waals surface area contributed by atoms with Gasteiger partial charge in [0.15, 0.2) is 0 Å². The standard InChI is InChI=1S/C22H38NO6P/c1-10-27-30(26,28-11-2)20(21(4,5)6)23(22(7,8)9)29-16(3)17-12-14-18(15-13-17)19(24)25/h12-16,20H,10-11H2,1-9H3,(H,24,25). The zero-order chi connectivity index (χ0) is 23.3. The molecular weight excluding hydrogens is 405 g/mol. The first-order valence-electron chi connectivity index (χ1n) is 10.4. The Morgan fingerprint density at radius 1 is 1.03 bits per heavy atom. The molecule has 0 amide bonds. The molecular formula is C22H38NO6P. The van der Waals surface area contributed by atoms with Crippen LogP contribution < -0.4 is 0 Å². The lowest BCUT2D eigenvalue weighted by molar-refractivity contribution is -0.264. The Labute approximate surface area is 181 Å². The predicted octanol–water partition coefficient (Wildman–Crippen LogP) is 6.12. The third kappa shape index (κ3) is 6.89. The van der Waals surface area contributed by atoms with Crippen LogP contribution in [0.5, 0.6) is 0 Å². The fraction of sp³-hybridized carbons (Fsp3) is 0.682. The van der Waals surface area contributed by atoms with Crippen molar-refractivity contribution in [3.63, 3.8) is 0 Å². The molecule has 2 atom stereocenters. The molecule has 0 radical (unpaired) electrons. The third-order valence-corrected chi connectivity index (χ3v) is 7.29. The maximum atomic E-state index is 13.9. The van der Waals surface area contributed by atoms with Gasteiger partial charge < -0.3 is 14.2 Å². The number of aromatic carboxylic acids is 1. The zero-order valence-electron chi connectivity index (χ0n) is 19.8. The Kier molecular flexibility index (Phi) is 9.27. The van der Waals surface area contributed by atoms with E-state index in [-0.39, 0.29) is 18.8 Å². The number of rotatable bonds is 10. The number of hydroxylamine groups is 2. The van der Waals surface area contributed by atoms with Crippen LogP contribution in [-0.2, 0) is 18.5 Å². The van der Waals surface area contributed by atoms with Crippen LogP contribution in [0.25, 0.3) is 0 Å². The van der Waals surface area contributed by atoms with Crippen molar-refractivity contribution in [1.82, 2.24) is 5.06 Å². The summed E-state index contributed by atoms with van der Waals surface area (Å²) in [7, 11) is -3.55. The average molecular weight is 444 g/mol. The van der Waals surface area contributed by atoms with E-state index in [0.29, 0.717) is 0 Å². The van der Waals surface area contributed by atoms with Crippen molar-refractivity contribution < 1.29 is 28.4 Å². The third-order valence-electron chi connectivity index (χ3n) is 4.47. The highest BCUT2D eigenvalue weighted by molar-refractivity contribution is 7.54. The van der Waals surface area contributed by atoms with Crippen molar-refractivity contribution in [2.24, 2.45) is 5.41 Å². The summed E-state index contributed by atoms with van der Waals surface area (Å²) in [4.78, 5) is 17.5. The number of carboxylic acid groups (broad SMARTS) is 1. The maximum absolute atomic E-state index is 13.9. The van der Waals surface area contributed by atoms with Gasteiger partial charge in [-0.2, -0.15) is 5.06 Å². The van der Waals surface area contributed by atoms with Crippen LogP contribution in [0.15, 0.2) is 24.3 Å². The second-order valence-corrected chi connectivity index (χ2v) is 11.4. The highest BCUT2D eigenvalue weighted by Gasteiger charge is 2.51. The van der Waals surface area contributed by atoms with Gasteiger partial charge in [-0.25, -0.2) is 4.79 Å². The van der Waals surface area contributed by atoms with Crippen LogP contribution in [0.2, 0.25) is 0 Å². The second kappa shape index (κ2) is 10.4. The summed E-state index contributed by atoms with van der Waals surface area (Å²) in [6.07, 6.45) is -0.409. The number of carboxylic acids is 1. The van der Waals surface area contributed by atoms with E-state index in [1.807, 2.05) is 48.5 Å². The summed E-state index contributed by atoms with van der Waals surface area (Å²) < 4.78 is 25.3. The molecule has 0 heterocycles. The van der Waals surface area contributed by atoms with Crippen molar-refractivity contribution in [3.05, 3.63) is 35.4 Å². The Bertz CT molecular complexity index is 725. The minimum absolute atomic E-state index is 0.211. The molecule has 0 aliphatic carbocycles. The summed E-state index contributed by atoms with van der Waals surface area (Å²) in [6, 6.07) is 6.55. The molecule has 0 aliphatic heterocycles. The molecule has 0 saturated carbocycles. The molecule has 0 saturated heterocycles. The summed E-state index contributed by atoms with van der Waals surface area (Å²) in [5.74, 6) is -1.64. The summed E-state index contributed by atoms with van der Waals surface area (Å²) in [5, 5.41) is 10.9. The van der Waals surface area contributed by atoms with Crippen LogP contribution >= 0.6 is 7.60 Å². The van der Waals surface area contributed by atoms with E-state index in [4.69, 9.17) is 19.0 Å². The zero-order valence-corrected chi connectivity index (χ0v) is 20.7. The molecule has 8 heteroatoms. The van der Waals surface area contributed by atoms with Gasteiger partial charge in [0, 0.05) is 5.54 Å². The smallest absolute Gasteiger partial charge is 0.350 e. The van der Waals surface area contributed by atoms with Gasteiger partial charge in [0.25, 0.3) is 0 Å². The lowest BCUT2D eigenvalue weighted by atomic mass is 9.94. The lowest BCUT2D eigenvalue weighted by Gasteiger charge is -2.48. The van der Waals surface area contributed by atoms with Crippen LogP contribution in [0, 0.1) is 5.41 Å². The second-order valence-electron chi connectivity index (χ2n) is 9.29. The normalized spacial score (nSPS) is 15.3. The van der Waals surface area contributed by atoms with Crippen molar-refractivity contribution in [2.45, 2.75) is 79.7 Å². The first-order valence-corrected chi connectivity index (χ1v) is 12.0. The summed E-state index contributed by atoms with van der Waals surface area (Å²) in [5.41, 5.74) is 0.0184. The minimum atomic E-state index is -3.55. The van der Waals surface area contributed by atoms with E-state index in [1.165, 1.54) is 0 Å². The molecule has 172 valence electrons. The molecule has 2 unspecified atom stereocenters. The van der Waals surface area contributed by atoms with E-state index >= 15 is 0 Å². The van der Waals surface area contributed by atoms with E-state index in [1.54, 1.807) is 43.2 Å². The summed E-state index contributed by atoms with van der Waals surface area (Å²) in [6.45, 7) is 17.9. The van der Waals surface area contributed by atoms with Gasteiger partial charge in [-0.3, -0.25) is 9.40 Å². The molecule has 7 nitrogen and oxygen atoms in total. The van der Waals surface area contributed by atoms with Crippen molar-refractivity contribution in [3.8, 4) is 0 Å². The average Bonchev–Trinajstić information content (AvgIpc) is 2.59. The van der Waals surface area contributed by atoms with Gasteiger partial charge in [0.05, 0.1) is 18.8 Å². The van der Waals surface area contributed by atoms with Gasteiger partial charge in [-0.05, 0) is 64.7 Å². The number of hydrogen-bond acceptors (Lipinski definition) is 6. The monoisotopic (exact) mass is 443 g/mol. The lowest BCUT2D eigenvalue weighted by Crippen LogP contribution is -2.53. The molecule has 1 rings (SSSR count). The molecule has 30 heavy (non-hydrogen) atoms. The van der Waals surface area contributed by atoms with Gasteiger partial charge in [-0.1, -0.05) is 32.9 Å². The Morgan fingerprint density at radius 3 is 1.83 bits per heavy atom. The van der Waals surface area contributed by atoms with Crippen molar-refractivity contribution in [2.75, 3.05) is 13.2 Å². The highest BCUT2D eigenvalue weighted by Crippen LogP contribution is 2.61. The fourth-order valence-electron chi connectivity index (χ4n) is 3.20. The SMILES string of the molecule is CCOP(=O)(OCC)C(N(OC(C)c1ccc(C(=O)O)cc1)C(C)(C)C)C(C)(C)C. The quantitative estimate of drug-likeness (QED) is 0.344. The van der Waals surface area contributed by atoms with Crippen LogP contribution in [0.4, 0.5) is 0 Å². The molecule has 0 bridgehead atoms. The molecule has 1 N–H and O–H groups in total. The number of carbonyl (C=O) groups is 1. The van der Waals surface area contributed by atoms with E-state index in [9.17, 15) is 9.36 Å². The van der Waals surface area contributed by atoms with Crippen LogP contribution in [-0.4, -0.2) is 40.7 Å². The molecule has 1 aromatic carbocycles. The van der Waals surface area contributed by atoms with Gasteiger partial charge in [0.2, 0.25) is 0 Å². The first kappa shape index (κ1) is 26.8. The van der Waals surface area contributed by atoms with E-state index in [0.717, 1.165) is 5.56 Å². The van der Waals surface area contributed by atoms with Crippen LogP contribution in [0.3, 0.4) is 0 Å². The molecule has 0 aliphatic rings. The number of hydrogen-bond donors (Lipinski definition) is 1. The Morgan fingerprint density at radius 2 is 1.50 bits per heavy atom. The number of nitrogens with zero attached hydrogens (tertiary/aromatic N) is 1. The van der Waals surface area contributed by atoms with Gasteiger partial charge >= 0.3 is 13.6 Å². The highest BCUT2D eigenvalue weighted by atomic mass is 31.2. The Hall–Kier alpha value is -1.24. The predicted molar refractivity (Wildman–Crippen MR) is 119 cm³/mol. The minimum Gasteiger partial charge on any atom is -0.478 e. The summed E-state index contributed by atoms with van der Waals surface area (Å²) >= 11 is 0. The molecule has 1 aromatic rings. The van der Waals surface area contributed by atoms with E-state index < -0.39 is 36.4 Å². The largest absolute Gasteiger partial charge is 0.478 e. The number of benzene rings is 1. The van der Waals surface area contributed by atoms with Gasteiger partial charge in [0.1, 0.15) is 11.9 Å². The first-order chi connectivity index (χ1) is 13.7. The molecule has 0 spiro atoms. The molecule has 0 aromatic heterocycles. The van der Waals surface area contributed by atoms with Crippen molar-refractivity contribution >= 4 is 13.6 Å². The van der Waals surface area contributed by atoms with Gasteiger partial charge in [-0.15, -0.1) is 0 Å². The fourth-order valence-corrected chi connectivity index (χ4v) is 5.89. The Balaban J connectivity index is 3.39. The maximum Gasteiger partial charge on any atom is 0.350 e. The van der Waals surface area contributed by atoms with Crippen LogP contribution in [0.1, 0.15) is 84.3 Å². The molecule has 0 fully saturated rings. The van der Waals surface area contributed by atoms with Crippen molar-refractivity contribution in [1.29, 1.82) is 0 Å². The topological polar surface area (TPSA) is 85.3 Å². The van der Waals surface area contributed by atoms with E-state index in [2.05, 4.69) is 0 Å².